The van der Waals surface area contributed by atoms with Crippen LogP contribution in [-0.2, 0) is 16.1 Å². The topological polar surface area (TPSA) is 42.1 Å². The normalized spacial score (nSPS) is 34.3. The van der Waals surface area contributed by atoms with Crippen LogP contribution in [0.4, 0.5) is 4.79 Å². The average Bonchev–Trinajstić information content (AvgIpc) is 3.20. The Balaban J connectivity index is 1.43. The fraction of sp³-hybridized carbons (Fsp3) is 0.562. The molecular formula is C16H19NO3. The van der Waals surface area contributed by atoms with Gasteiger partial charge in [-0.2, -0.15) is 0 Å². The van der Waals surface area contributed by atoms with Gasteiger partial charge in [0, 0.05) is 0 Å². The monoisotopic (exact) mass is 273 g/mol. The Hall–Kier alpha value is -1.55. The van der Waals surface area contributed by atoms with Gasteiger partial charge in [-0.1, -0.05) is 43.2 Å². The van der Waals surface area contributed by atoms with Gasteiger partial charge >= 0.3 is 6.09 Å². The molecule has 20 heavy (non-hydrogen) atoms. The number of fused-ring (bicyclic) bond motifs is 5. The van der Waals surface area contributed by atoms with Gasteiger partial charge in [-0.05, 0) is 18.4 Å². The van der Waals surface area contributed by atoms with Crippen LogP contribution in [0.2, 0.25) is 0 Å². The van der Waals surface area contributed by atoms with Gasteiger partial charge in [0.1, 0.15) is 18.8 Å². The Morgan fingerprint density at radius 1 is 1.15 bits per heavy atom. The standard InChI is InChI=1S/C16H19NO3/c18-16(19-10-11-6-2-1-3-7-11)17-12-8-4-5-9-13(17)15-14(12)20-15/h1-3,6-7,12-15H,4-5,8-10H2/t12-,13+,14-,15+. The van der Waals surface area contributed by atoms with Gasteiger partial charge < -0.3 is 9.47 Å². The van der Waals surface area contributed by atoms with Gasteiger partial charge in [0.05, 0.1) is 12.1 Å². The van der Waals surface area contributed by atoms with Gasteiger partial charge in [-0.15, -0.1) is 0 Å². The van der Waals surface area contributed by atoms with E-state index in [4.69, 9.17) is 9.47 Å². The predicted molar refractivity (Wildman–Crippen MR) is 73.2 cm³/mol. The highest BCUT2D eigenvalue weighted by Crippen LogP contribution is 2.47. The first-order chi connectivity index (χ1) is 9.84. The molecule has 3 fully saturated rings. The van der Waals surface area contributed by atoms with E-state index in [1.54, 1.807) is 0 Å². The number of nitrogens with zero attached hydrogens (tertiary/aromatic N) is 1. The highest BCUT2D eigenvalue weighted by molar-refractivity contribution is 5.70. The van der Waals surface area contributed by atoms with Gasteiger partial charge in [0.2, 0.25) is 0 Å². The van der Waals surface area contributed by atoms with Crippen LogP contribution >= 0.6 is 0 Å². The van der Waals surface area contributed by atoms with Crippen LogP contribution in [0.1, 0.15) is 31.2 Å². The first-order valence-corrected chi connectivity index (χ1v) is 7.49. The maximum Gasteiger partial charge on any atom is 0.410 e. The predicted octanol–water partition coefficient (Wildman–Crippen LogP) is 2.72. The lowest BCUT2D eigenvalue weighted by molar-refractivity contribution is 0.0486. The van der Waals surface area contributed by atoms with Crippen LogP contribution in [0.15, 0.2) is 30.3 Å². The van der Waals surface area contributed by atoms with E-state index >= 15 is 0 Å². The molecule has 0 aliphatic carbocycles. The Morgan fingerprint density at radius 3 is 2.45 bits per heavy atom. The SMILES string of the molecule is O=C(OCc1ccccc1)N1[C@@H]2CCCC[C@H]1[C@@H]1O[C@@H]12. The van der Waals surface area contributed by atoms with E-state index in [-0.39, 0.29) is 30.4 Å². The highest BCUT2D eigenvalue weighted by Gasteiger charge is 2.62. The molecule has 1 amide bonds. The lowest BCUT2D eigenvalue weighted by atomic mass is 10.0. The minimum absolute atomic E-state index is 0.165. The van der Waals surface area contributed by atoms with E-state index < -0.39 is 0 Å². The number of carbonyl (C=O) groups excluding carboxylic acids is 1. The summed E-state index contributed by atoms with van der Waals surface area (Å²) < 4.78 is 11.2. The van der Waals surface area contributed by atoms with E-state index in [1.165, 1.54) is 12.8 Å². The van der Waals surface area contributed by atoms with Crippen molar-refractivity contribution in [2.75, 3.05) is 0 Å². The zero-order valence-corrected chi connectivity index (χ0v) is 11.4. The molecule has 0 saturated carbocycles. The molecule has 3 aliphatic heterocycles. The van der Waals surface area contributed by atoms with E-state index in [1.807, 2.05) is 35.2 Å². The molecule has 3 aliphatic rings. The summed E-state index contributed by atoms with van der Waals surface area (Å²) in [5, 5.41) is 0. The molecule has 4 rings (SSSR count). The van der Waals surface area contributed by atoms with E-state index in [0.717, 1.165) is 18.4 Å². The number of rotatable bonds is 2. The summed E-state index contributed by atoms with van der Waals surface area (Å²) in [5.41, 5.74) is 1.03. The third kappa shape index (κ3) is 1.99. The van der Waals surface area contributed by atoms with Crippen LogP contribution in [0, 0.1) is 0 Å². The summed E-state index contributed by atoms with van der Waals surface area (Å²) in [6.45, 7) is 0.353. The Kier molecular flexibility index (Phi) is 2.91. The number of carbonyl (C=O) groups is 1. The van der Waals surface area contributed by atoms with Crippen molar-refractivity contribution < 1.29 is 14.3 Å². The van der Waals surface area contributed by atoms with E-state index in [2.05, 4.69) is 0 Å². The maximum atomic E-state index is 12.4. The largest absolute Gasteiger partial charge is 0.445 e. The molecule has 4 heteroatoms. The number of hydrogen-bond acceptors (Lipinski definition) is 3. The van der Waals surface area contributed by atoms with Crippen molar-refractivity contribution in [3.05, 3.63) is 35.9 Å². The highest BCUT2D eigenvalue weighted by atomic mass is 16.6. The summed E-state index contributed by atoms with van der Waals surface area (Å²) in [7, 11) is 0. The fourth-order valence-corrected chi connectivity index (χ4v) is 3.70. The Morgan fingerprint density at radius 2 is 1.80 bits per heavy atom. The van der Waals surface area contributed by atoms with Crippen LogP contribution in [0.3, 0.4) is 0 Å². The second-order valence-electron chi connectivity index (χ2n) is 5.93. The zero-order valence-electron chi connectivity index (χ0n) is 11.4. The number of morpholine rings is 1. The molecule has 0 unspecified atom stereocenters. The molecule has 1 aromatic carbocycles. The second kappa shape index (κ2) is 4.77. The molecule has 0 aromatic heterocycles. The summed E-state index contributed by atoms with van der Waals surface area (Å²) in [6.07, 6.45) is 4.89. The first-order valence-electron chi connectivity index (χ1n) is 7.49. The molecule has 3 heterocycles. The minimum Gasteiger partial charge on any atom is -0.445 e. The van der Waals surface area contributed by atoms with Crippen molar-refractivity contribution in [2.45, 2.75) is 56.6 Å². The smallest absolute Gasteiger partial charge is 0.410 e. The number of ether oxygens (including phenoxy) is 2. The maximum absolute atomic E-state index is 12.4. The van der Waals surface area contributed by atoms with E-state index in [0.29, 0.717) is 6.61 Å². The van der Waals surface area contributed by atoms with Gasteiger partial charge in [-0.3, -0.25) is 4.90 Å². The lowest BCUT2D eigenvalue weighted by Crippen LogP contribution is -2.44. The van der Waals surface area contributed by atoms with Gasteiger partial charge in [0.15, 0.2) is 0 Å². The lowest BCUT2D eigenvalue weighted by Gasteiger charge is -2.29. The molecule has 0 spiro atoms. The van der Waals surface area contributed by atoms with Crippen molar-refractivity contribution in [3.8, 4) is 0 Å². The van der Waals surface area contributed by atoms with Crippen LogP contribution in [0.5, 0.6) is 0 Å². The number of amides is 1. The quantitative estimate of drug-likeness (QED) is 0.778. The van der Waals surface area contributed by atoms with Gasteiger partial charge in [-0.25, -0.2) is 4.79 Å². The molecule has 106 valence electrons. The van der Waals surface area contributed by atoms with Gasteiger partial charge in [0.25, 0.3) is 0 Å². The molecule has 2 bridgehead atoms. The van der Waals surface area contributed by atoms with Crippen LogP contribution in [-0.4, -0.2) is 35.3 Å². The van der Waals surface area contributed by atoms with Crippen molar-refractivity contribution in [2.24, 2.45) is 0 Å². The summed E-state index contributed by atoms with van der Waals surface area (Å²) in [6, 6.07) is 10.3. The zero-order chi connectivity index (χ0) is 13.5. The molecule has 3 saturated heterocycles. The van der Waals surface area contributed by atoms with Crippen molar-refractivity contribution >= 4 is 6.09 Å². The van der Waals surface area contributed by atoms with Crippen molar-refractivity contribution in [1.29, 1.82) is 0 Å². The average molecular weight is 273 g/mol. The molecule has 0 N–H and O–H groups in total. The van der Waals surface area contributed by atoms with Crippen molar-refractivity contribution in [1.82, 2.24) is 4.90 Å². The molecule has 0 radical (unpaired) electrons. The number of epoxide rings is 1. The summed E-state index contributed by atoms with van der Waals surface area (Å²) in [5.74, 6) is 0. The summed E-state index contributed by atoms with van der Waals surface area (Å²) in [4.78, 5) is 14.4. The second-order valence-corrected chi connectivity index (χ2v) is 5.93. The first kappa shape index (κ1) is 12.2. The summed E-state index contributed by atoms with van der Waals surface area (Å²) >= 11 is 0. The molecular weight excluding hydrogens is 254 g/mol. The van der Waals surface area contributed by atoms with Crippen molar-refractivity contribution in [3.63, 3.8) is 0 Å². The Bertz CT molecular complexity index is 486. The van der Waals surface area contributed by atoms with Crippen LogP contribution < -0.4 is 0 Å². The fourth-order valence-electron chi connectivity index (χ4n) is 3.70. The van der Waals surface area contributed by atoms with E-state index in [9.17, 15) is 4.79 Å². The van der Waals surface area contributed by atoms with Crippen LogP contribution in [0.25, 0.3) is 0 Å². The molecule has 4 nitrogen and oxygen atoms in total. The number of benzene rings is 1. The third-order valence-corrected chi connectivity index (χ3v) is 4.70. The molecule has 4 atom stereocenters. The Labute approximate surface area is 118 Å². The minimum atomic E-state index is -0.165. The molecule has 1 aromatic rings. The number of hydrogen-bond donors (Lipinski definition) is 0. The third-order valence-electron chi connectivity index (χ3n) is 4.70.